The molecule has 0 aliphatic carbocycles. The Morgan fingerprint density at radius 1 is 0.344 bits per heavy atom. The summed E-state index contributed by atoms with van der Waals surface area (Å²) in [6, 6.07) is 3.73. The molecule has 0 fully saturated rings. The van der Waals surface area contributed by atoms with Gasteiger partial charge >= 0.3 is 0 Å². The Balaban J connectivity index is 2.25. The molecule has 0 saturated carbocycles. The van der Waals surface area contributed by atoms with E-state index in [0.29, 0.717) is 40.9 Å². The van der Waals surface area contributed by atoms with Gasteiger partial charge in [0.1, 0.15) is 5.75 Å². The van der Waals surface area contributed by atoms with Gasteiger partial charge in [-0.2, -0.15) is 0 Å². The predicted octanol–water partition coefficient (Wildman–Crippen LogP) is 14.4. The highest BCUT2D eigenvalue weighted by molar-refractivity contribution is 9.16. The lowest BCUT2D eigenvalue weighted by Gasteiger charge is -2.21. The van der Waals surface area contributed by atoms with Gasteiger partial charge in [-0.15, -0.1) is 0 Å². The van der Waals surface area contributed by atoms with Crippen molar-refractivity contribution in [3.8, 4) is 23.0 Å². The van der Waals surface area contributed by atoms with E-state index in [4.69, 9.17) is 9.47 Å². The van der Waals surface area contributed by atoms with Crippen molar-refractivity contribution in [1.82, 2.24) is 0 Å². The summed E-state index contributed by atoms with van der Waals surface area (Å²) in [7, 11) is 0. The molecule has 3 aromatic rings. The smallest absolute Gasteiger partial charge is 0.186 e. The zero-order chi connectivity index (χ0) is 24.1. The molecule has 0 heterocycles. The van der Waals surface area contributed by atoms with E-state index < -0.39 is 0 Å². The number of benzene rings is 3. The molecule has 32 heavy (non-hydrogen) atoms. The van der Waals surface area contributed by atoms with Crippen molar-refractivity contribution in [3.05, 3.63) is 65.8 Å². The number of ether oxygens (including phenoxy) is 2. The topological polar surface area (TPSA) is 18.5 Å². The minimum atomic E-state index is 0.445. The third-order valence-corrected chi connectivity index (χ3v) is 17.8. The molecule has 0 saturated heterocycles. The van der Waals surface area contributed by atoms with Gasteiger partial charge in [0, 0.05) is 13.4 Å². The highest BCUT2D eigenvalue weighted by atomic mass is 79.9. The zero-order valence-corrected chi connectivity index (χ0v) is 33.5. The van der Waals surface area contributed by atoms with Gasteiger partial charge in [-0.1, -0.05) is 0 Å². The molecular formula is C18H2Br12O2. The van der Waals surface area contributed by atoms with Crippen LogP contribution in [0.1, 0.15) is 0 Å². The van der Waals surface area contributed by atoms with Crippen LogP contribution in [0.3, 0.4) is 0 Å². The van der Waals surface area contributed by atoms with Gasteiger partial charge in [0.2, 0.25) is 0 Å². The summed E-state index contributed by atoms with van der Waals surface area (Å²) in [5.74, 6) is 2.02. The SMILES string of the molecule is Brc1ccc(Oc2c(Br)c(Br)c(Br)c(Br)c2Oc2c(Br)c(Br)c(Br)c(Br)c2Br)c(Br)c1Br. The van der Waals surface area contributed by atoms with Crippen molar-refractivity contribution in [3.63, 3.8) is 0 Å². The third-order valence-electron chi connectivity index (χ3n) is 3.77. The quantitative estimate of drug-likeness (QED) is 0.191. The molecule has 0 aromatic heterocycles. The lowest BCUT2D eigenvalue weighted by molar-refractivity contribution is 0.409. The standard InChI is InChI=1S/C18H2Br12O2/c19-3-1-2-4(6(21)5(3)20)31-17-14(29)10(25)11(26)15(30)18(17)32-16-12(27)8(23)7(22)9(24)13(16)28/h1-2H. The van der Waals surface area contributed by atoms with Crippen molar-refractivity contribution < 1.29 is 9.47 Å². The van der Waals surface area contributed by atoms with Gasteiger partial charge < -0.3 is 9.47 Å². The average Bonchev–Trinajstić information content (AvgIpc) is 2.77. The maximum Gasteiger partial charge on any atom is 0.186 e. The fraction of sp³-hybridized carbons (Fsp3) is 0. The van der Waals surface area contributed by atoms with Crippen molar-refractivity contribution >= 4 is 191 Å². The first-order chi connectivity index (χ1) is 14.9. The third kappa shape index (κ3) is 5.86. The molecule has 0 amide bonds. The Bertz CT molecular complexity index is 1230. The monoisotopic (exact) mass is 1200 g/mol. The Morgan fingerprint density at radius 3 is 1.19 bits per heavy atom. The minimum absolute atomic E-state index is 0.445. The van der Waals surface area contributed by atoms with E-state index in [0.717, 1.165) is 35.8 Å². The van der Waals surface area contributed by atoms with E-state index in [1.165, 1.54) is 0 Å². The maximum absolute atomic E-state index is 6.44. The second-order valence-electron chi connectivity index (χ2n) is 5.69. The van der Waals surface area contributed by atoms with Crippen LogP contribution in [-0.2, 0) is 0 Å². The molecule has 0 unspecified atom stereocenters. The molecule has 0 aliphatic heterocycles. The van der Waals surface area contributed by atoms with Gasteiger partial charge in [-0.05, 0) is 203 Å². The lowest BCUT2D eigenvalue weighted by Crippen LogP contribution is -1.98. The summed E-state index contributed by atoms with van der Waals surface area (Å²) >= 11 is 43.0. The van der Waals surface area contributed by atoms with E-state index in [1.54, 1.807) is 0 Å². The normalized spacial score (nSPS) is 11.1. The first kappa shape index (κ1) is 29.6. The molecule has 3 aromatic carbocycles. The maximum atomic E-state index is 6.44. The van der Waals surface area contributed by atoms with E-state index in [-0.39, 0.29) is 0 Å². The van der Waals surface area contributed by atoms with Crippen LogP contribution in [-0.4, -0.2) is 0 Å². The molecule has 170 valence electrons. The van der Waals surface area contributed by atoms with E-state index >= 15 is 0 Å². The van der Waals surface area contributed by atoms with Crippen molar-refractivity contribution in [2.24, 2.45) is 0 Å². The average molecular weight is 1210 g/mol. The van der Waals surface area contributed by atoms with Gasteiger partial charge in [-0.25, -0.2) is 0 Å². The fourth-order valence-corrected chi connectivity index (χ4v) is 8.98. The van der Waals surface area contributed by atoms with E-state index in [2.05, 4.69) is 191 Å². The Morgan fingerprint density at radius 2 is 0.719 bits per heavy atom. The molecule has 3 rings (SSSR count). The van der Waals surface area contributed by atoms with Crippen LogP contribution in [0.25, 0.3) is 0 Å². The van der Waals surface area contributed by atoms with Crippen LogP contribution in [0.5, 0.6) is 23.0 Å². The summed E-state index contributed by atoms with van der Waals surface area (Å²) in [5.41, 5.74) is 0. The molecule has 0 bridgehead atoms. The van der Waals surface area contributed by atoms with Crippen LogP contribution in [0.2, 0.25) is 0 Å². The van der Waals surface area contributed by atoms with Gasteiger partial charge in [0.05, 0.1) is 40.3 Å². The largest absolute Gasteiger partial charge is 0.451 e. The van der Waals surface area contributed by atoms with Crippen LogP contribution >= 0.6 is 191 Å². The Kier molecular flexibility index (Phi) is 11.3. The zero-order valence-electron chi connectivity index (χ0n) is 14.5. The first-order valence-electron chi connectivity index (χ1n) is 7.74. The van der Waals surface area contributed by atoms with E-state index in [1.807, 2.05) is 12.1 Å². The highest BCUT2D eigenvalue weighted by Gasteiger charge is 2.27. The summed E-state index contributed by atoms with van der Waals surface area (Å²) in [6.07, 6.45) is 0. The van der Waals surface area contributed by atoms with Crippen LogP contribution < -0.4 is 9.47 Å². The highest BCUT2D eigenvalue weighted by Crippen LogP contribution is 2.57. The molecule has 0 radical (unpaired) electrons. The minimum Gasteiger partial charge on any atom is -0.451 e. The van der Waals surface area contributed by atoms with Gasteiger partial charge in [0.25, 0.3) is 0 Å². The van der Waals surface area contributed by atoms with Gasteiger partial charge in [-0.3, -0.25) is 0 Å². The van der Waals surface area contributed by atoms with Crippen LogP contribution in [0.15, 0.2) is 65.8 Å². The second kappa shape index (κ2) is 12.3. The summed E-state index contributed by atoms with van der Waals surface area (Å²) in [4.78, 5) is 0. The number of halogens is 12. The first-order valence-corrected chi connectivity index (χ1v) is 17.3. The number of rotatable bonds is 4. The van der Waals surface area contributed by atoms with Gasteiger partial charge in [0.15, 0.2) is 17.2 Å². The molecule has 0 atom stereocenters. The Hall–Kier alpha value is 3.02. The summed E-state index contributed by atoms with van der Waals surface area (Å²) in [5, 5.41) is 0. The molecule has 0 aliphatic rings. The molecule has 0 spiro atoms. The Labute approximate surface area is 284 Å². The summed E-state index contributed by atoms with van der Waals surface area (Å²) in [6.45, 7) is 0. The molecule has 14 heteroatoms. The molecular weight excluding hydrogens is 1210 g/mol. The number of hydrogen-bond acceptors (Lipinski definition) is 2. The molecule has 0 N–H and O–H groups in total. The lowest BCUT2D eigenvalue weighted by atomic mass is 10.3. The van der Waals surface area contributed by atoms with Crippen molar-refractivity contribution in [2.45, 2.75) is 0 Å². The fourth-order valence-electron chi connectivity index (χ4n) is 2.25. The van der Waals surface area contributed by atoms with Crippen molar-refractivity contribution in [2.75, 3.05) is 0 Å². The molecule has 2 nitrogen and oxygen atoms in total. The summed E-state index contributed by atoms with van der Waals surface area (Å²) < 4.78 is 21.9. The predicted molar refractivity (Wildman–Crippen MR) is 172 cm³/mol. The van der Waals surface area contributed by atoms with E-state index in [9.17, 15) is 0 Å². The van der Waals surface area contributed by atoms with Crippen LogP contribution in [0, 0.1) is 0 Å². The van der Waals surface area contributed by atoms with Crippen LogP contribution in [0.4, 0.5) is 0 Å². The number of hydrogen-bond donors (Lipinski definition) is 0. The second-order valence-corrected chi connectivity index (χ2v) is 15.3. The van der Waals surface area contributed by atoms with Crippen molar-refractivity contribution in [1.29, 1.82) is 0 Å².